The maximum absolute atomic E-state index is 10.9. The number of hydrogen-bond acceptors (Lipinski definition) is 5. The SMILES string of the molecule is C[B]OC(=O)C(N)CCC(=O)OP. The van der Waals surface area contributed by atoms with Crippen LogP contribution in [0.2, 0.25) is 6.82 Å². The summed E-state index contributed by atoms with van der Waals surface area (Å²) in [5, 5.41) is 0. The molecule has 0 amide bonds. The minimum absolute atomic E-state index is 0.101. The maximum atomic E-state index is 10.9. The fraction of sp³-hybridized carbons (Fsp3) is 0.667. The molecule has 0 aromatic carbocycles. The molecule has 0 aliphatic carbocycles. The van der Waals surface area contributed by atoms with Gasteiger partial charge in [-0.3, -0.25) is 9.59 Å². The van der Waals surface area contributed by atoms with Gasteiger partial charge in [-0.15, -0.1) is 0 Å². The van der Waals surface area contributed by atoms with Crippen molar-refractivity contribution < 1.29 is 18.8 Å². The lowest BCUT2D eigenvalue weighted by atomic mass is 10.1. The van der Waals surface area contributed by atoms with Gasteiger partial charge in [0.25, 0.3) is 0 Å². The fourth-order valence-electron chi connectivity index (χ4n) is 0.654. The van der Waals surface area contributed by atoms with Crippen LogP contribution in [0.1, 0.15) is 12.8 Å². The lowest BCUT2D eigenvalue weighted by molar-refractivity contribution is -0.136. The Bertz CT molecular complexity index is 189. The predicted molar refractivity (Wildman–Crippen MR) is 50.7 cm³/mol. The smallest absolute Gasteiger partial charge is 0.370 e. The first-order chi connectivity index (χ1) is 6.11. The molecule has 0 saturated carbocycles. The summed E-state index contributed by atoms with van der Waals surface area (Å²) < 4.78 is 8.83. The van der Waals surface area contributed by atoms with Gasteiger partial charge in [0.2, 0.25) is 0 Å². The van der Waals surface area contributed by atoms with Gasteiger partial charge in [-0.05, 0) is 6.42 Å². The van der Waals surface area contributed by atoms with Gasteiger partial charge in [-0.1, -0.05) is 6.82 Å². The largest absolute Gasteiger partial charge is 0.538 e. The van der Waals surface area contributed by atoms with Crippen LogP contribution in [-0.4, -0.2) is 25.5 Å². The van der Waals surface area contributed by atoms with Crippen molar-refractivity contribution in [2.24, 2.45) is 5.73 Å². The lowest BCUT2D eigenvalue weighted by Crippen LogP contribution is -2.33. The van der Waals surface area contributed by atoms with Crippen LogP contribution in [-0.2, 0) is 18.8 Å². The molecule has 2 unspecified atom stereocenters. The second-order valence-corrected chi connectivity index (χ2v) is 2.54. The molecule has 0 fully saturated rings. The van der Waals surface area contributed by atoms with Crippen LogP contribution >= 0.6 is 9.47 Å². The van der Waals surface area contributed by atoms with E-state index < -0.39 is 18.0 Å². The van der Waals surface area contributed by atoms with E-state index in [1.165, 1.54) is 7.48 Å². The first-order valence-electron chi connectivity index (χ1n) is 3.75. The van der Waals surface area contributed by atoms with E-state index in [-0.39, 0.29) is 12.8 Å². The molecule has 0 aromatic rings. The van der Waals surface area contributed by atoms with Crippen molar-refractivity contribution in [1.82, 2.24) is 0 Å². The molecule has 7 heteroatoms. The molecular formula is C6H12BNO4P. The van der Waals surface area contributed by atoms with Crippen molar-refractivity contribution in [2.45, 2.75) is 25.7 Å². The first kappa shape index (κ1) is 12.4. The van der Waals surface area contributed by atoms with Gasteiger partial charge < -0.3 is 14.9 Å². The molecule has 2 atom stereocenters. The Balaban J connectivity index is 3.67. The highest BCUT2D eigenvalue weighted by Gasteiger charge is 2.15. The third-order valence-corrected chi connectivity index (χ3v) is 1.59. The zero-order valence-corrected chi connectivity index (χ0v) is 8.51. The van der Waals surface area contributed by atoms with E-state index in [9.17, 15) is 9.59 Å². The molecule has 0 aromatic heterocycles. The summed E-state index contributed by atoms with van der Waals surface area (Å²) in [5.41, 5.74) is 5.40. The molecule has 73 valence electrons. The monoisotopic (exact) mass is 204 g/mol. The lowest BCUT2D eigenvalue weighted by Gasteiger charge is -2.08. The van der Waals surface area contributed by atoms with Gasteiger partial charge in [-0.2, -0.15) is 0 Å². The van der Waals surface area contributed by atoms with Gasteiger partial charge in [0.1, 0.15) is 6.04 Å². The number of hydrogen-bond donors (Lipinski definition) is 1. The Hall–Kier alpha value is -0.605. The highest BCUT2D eigenvalue weighted by atomic mass is 31.0. The van der Waals surface area contributed by atoms with E-state index in [0.29, 0.717) is 0 Å². The number of rotatable bonds is 5. The predicted octanol–water partition coefficient (Wildman–Crippen LogP) is -0.362. The average Bonchev–Trinajstić information content (AvgIpc) is 2.13. The molecule has 0 spiro atoms. The van der Waals surface area contributed by atoms with Crippen LogP contribution in [0.3, 0.4) is 0 Å². The van der Waals surface area contributed by atoms with E-state index >= 15 is 0 Å². The van der Waals surface area contributed by atoms with Gasteiger partial charge >= 0.3 is 19.4 Å². The maximum Gasteiger partial charge on any atom is 0.370 e. The van der Waals surface area contributed by atoms with Gasteiger partial charge in [0, 0.05) is 6.42 Å². The van der Waals surface area contributed by atoms with Gasteiger partial charge in [0.15, 0.2) is 0 Å². The molecular weight excluding hydrogens is 192 g/mol. The third-order valence-electron chi connectivity index (χ3n) is 1.33. The van der Waals surface area contributed by atoms with Crippen molar-refractivity contribution >= 4 is 28.9 Å². The summed E-state index contributed by atoms with van der Waals surface area (Å²) in [4.78, 5) is 21.5. The molecule has 0 saturated heterocycles. The highest BCUT2D eigenvalue weighted by molar-refractivity contribution is 7.10. The van der Waals surface area contributed by atoms with E-state index in [1.807, 2.05) is 9.47 Å². The zero-order chi connectivity index (χ0) is 10.3. The summed E-state index contributed by atoms with van der Waals surface area (Å²) in [5.74, 6) is -0.965. The molecule has 0 rings (SSSR count). The van der Waals surface area contributed by atoms with Crippen molar-refractivity contribution in [2.75, 3.05) is 0 Å². The summed E-state index contributed by atoms with van der Waals surface area (Å²) in [6, 6.07) is -0.778. The van der Waals surface area contributed by atoms with Crippen LogP contribution in [0.15, 0.2) is 0 Å². The van der Waals surface area contributed by atoms with Crippen molar-refractivity contribution in [3.8, 4) is 0 Å². The third kappa shape index (κ3) is 5.61. The second kappa shape index (κ2) is 6.86. The molecule has 0 aliphatic heterocycles. The van der Waals surface area contributed by atoms with Crippen LogP contribution in [0.4, 0.5) is 0 Å². The summed E-state index contributed by atoms with van der Waals surface area (Å²) in [6.07, 6.45) is 0.323. The molecule has 0 heterocycles. The Labute approximate surface area is 79.9 Å². The van der Waals surface area contributed by atoms with Gasteiger partial charge in [0.05, 0.1) is 9.47 Å². The Kier molecular flexibility index (Phi) is 6.54. The number of carbonyl (C=O) groups is 2. The van der Waals surface area contributed by atoms with Crippen LogP contribution in [0.5, 0.6) is 0 Å². The number of nitrogens with two attached hydrogens (primary N) is 1. The molecule has 2 N–H and O–H groups in total. The summed E-state index contributed by atoms with van der Waals surface area (Å²) in [7, 11) is 3.08. The average molecular weight is 204 g/mol. The summed E-state index contributed by atoms with van der Waals surface area (Å²) >= 11 is 0. The molecule has 5 nitrogen and oxygen atoms in total. The van der Waals surface area contributed by atoms with E-state index in [2.05, 4.69) is 9.18 Å². The van der Waals surface area contributed by atoms with Crippen molar-refractivity contribution in [3.05, 3.63) is 0 Å². The highest BCUT2D eigenvalue weighted by Crippen LogP contribution is 2.00. The van der Waals surface area contributed by atoms with Crippen LogP contribution in [0.25, 0.3) is 0 Å². The minimum atomic E-state index is -0.778. The zero-order valence-electron chi connectivity index (χ0n) is 7.36. The Morgan fingerprint density at radius 2 is 2.23 bits per heavy atom. The molecule has 0 aliphatic rings. The standard InChI is InChI=1S/C6H12BNO4P/c1-7-11-6(10)4(8)2-3-5(9)12-13/h4H,2-3,8,13H2,1H3. The second-order valence-electron chi connectivity index (χ2n) is 2.31. The molecule has 0 bridgehead atoms. The van der Waals surface area contributed by atoms with E-state index in [4.69, 9.17) is 5.73 Å². The van der Waals surface area contributed by atoms with E-state index in [0.717, 1.165) is 0 Å². The van der Waals surface area contributed by atoms with Crippen molar-refractivity contribution in [1.29, 1.82) is 0 Å². The molecule has 1 radical (unpaired) electrons. The first-order valence-corrected chi connectivity index (χ1v) is 4.22. The Morgan fingerprint density at radius 3 is 2.69 bits per heavy atom. The van der Waals surface area contributed by atoms with E-state index in [1.54, 1.807) is 6.82 Å². The minimum Gasteiger partial charge on any atom is -0.538 e. The normalized spacial score (nSPS) is 11.6. The summed E-state index contributed by atoms with van der Waals surface area (Å²) in [6.45, 7) is 1.57. The topological polar surface area (TPSA) is 78.6 Å². The number of carbonyl (C=O) groups excluding carboxylic acids is 2. The fourth-order valence-corrected chi connectivity index (χ4v) is 0.772. The Morgan fingerprint density at radius 1 is 1.62 bits per heavy atom. The molecule has 13 heavy (non-hydrogen) atoms. The van der Waals surface area contributed by atoms with Gasteiger partial charge in [-0.25, -0.2) is 0 Å². The van der Waals surface area contributed by atoms with Crippen LogP contribution in [0, 0.1) is 0 Å². The van der Waals surface area contributed by atoms with Crippen LogP contribution < -0.4 is 5.73 Å². The van der Waals surface area contributed by atoms with Crippen molar-refractivity contribution in [3.63, 3.8) is 0 Å². The quantitative estimate of drug-likeness (QED) is 0.488.